The van der Waals surface area contributed by atoms with Gasteiger partial charge in [-0.15, -0.1) is 0 Å². The number of benzene rings is 1. The van der Waals surface area contributed by atoms with E-state index in [-0.39, 0.29) is 18.1 Å². The SMILES string of the molecule is CCOC(=O)c1nc(NCc2ccc(CC)cc2)c2c(C)noc2n1. The zero-order valence-electron chi connectivity index (χ0n) is 14.5. The van der Waals surface area contributed by atoms with Crippen molar-refractivity contribution in [1.29, 1.82) is 0 Å². The summed E-state index contributed by atoms with van der Waals surface area (Å²) in [5, 5.41) is 7.82. The third-order valence-corrected chi connectivity index (χ3v) is 3.86. The van der Waals surface area contributed by atoms with E-state index in [9.17, 15) is 4.79 Å². The van der Waals surface area contributed by atoms with Gasteiger partial charge in [-0.2, -0.15) is 4.98 Å². The number of rotatable bonds is 6. The number of aryl methyl sites for hydroxylation is 2. The van der Waals surface area contributed by atoms with E-state index in [1.807, 2.05) is 0 Å². The molecule has 0 radical (unpaired) electrons. The molecule has 1 N–H and O–H groups in total. The Kier molecular flexibility index (Phi) is 4.92. The first kappa shape index (κ1) is 16.9. The van der Waals surface area contributed by atoms with Gasteiger partial charge >= 0.3 is 5.97 Å². The molecule has 7 nitrogen and oxygen atoms in total. The van der Waals surface area contributed by atoms with Gasteiger partial charge in [0.05, 0.1) is 12.3 Å². The lowest BCUT2D eigenvalue weighted by Crippen LogP contribution is -2.12. The summed E-state index contributed by atoms with van der Waals surface area (Å²) >= 11 is 0. The van der Waals surface area contributed by atoms with Crippen LogP contribution in [0.1, 0.15) is 41.3 Å². The predicted molar refractivity (Wildman–Crippen MR) is 93.4 cm³/mol. The number of nitrogens with one attached hydrogen (secondary N) is 1. The average Bonchev–Trinajstić information content (AvgIpc) is 3.01. The van der Waals surface area contributed by atoms with Crippen LogP contribution in [-0.2, 0) is 17.7 Å². The number of carbonyl (C=O) groups excluding carboxylic acids is 1. The van der Waals surface area contributed by atoms with Crippen LogP contribution in [0.15, 0.2) is 28.8 Å². The minimum Gasteiger partial charge on any atom is -0.460 e. The number of hydrogen-bond acceptors (Lipinski definition) is 7. The van der Waals surface area contributed by atoms with Crippen LogP contribution in [0.2, 0.25) is 0 Å². The minimum atomic E-state index is -0.589. The second-order valence-corrected chi connectivity index (χ2v) is 5.59. The van der Waals surface area contributed by atoms with Crippen LogP contribution in [0.3, 0.4) is 0 Å². The first-order valence-electron chi connectivity index (χ1n) is 8.25. The van der Waals surface area contributed by atoms with Gasteiger partial charge in [-0.05, 0) is 31.4 Å². The lowest BCUT2D eigenvalue weighted by Gasteiger charge is -2.09. The van der Waals surface area contributed by atoms with E-state index in [1.54, 1.807) is 13.8 Å². The Hall–Kier alpha value is -2.96. The molecule has 0 aliphatic heterocycles. The molecular weight excluding hydrogens is 320 g/mol. The Morgan fingerprint density at radius 3 is 2.56 bits per heavy atom. The molecule has 0 unspecified atom stereocenters. The van der Waals surface area contributed by atoms with Gasteiger partial charge in [0.2, 0.25) is 5.82 Å². The monoisotopic (exact) mass is 340 g/mol. The van der Waals surface area contributed by atoms with E-state index in [0.717, 1.165) is 12.0 Å². The first-order valence-corrected chi connectivity index (χ1v) is 8.25. The number of nitrogens with zero attached hydrogens (tertiary/aromatic N) is 3. The standard InChI is InChI=1S/C18H20N4O3/c1-4-12-6-8-13(9-7-12)10-19-15-14-11(3)22-25-17(14)21-16(20-15)18(23)24-5-2/h6-9H,4-5,10H2,1-3H3,(H,19,20,21). The molecule has 0 amide bonds. The van der Waals surface area contributed by atoms with Crippen molar-refractivity contribution < 1.29 is 14.1 Å². The maximum atomic E-state index is 12.0. The first-order chi connectivity index (χ1) is 12.1. The maximum Gasteiger partial charge on any atom is 0.376 e. The third-order valence-electron chi connectivity index (χ3n) is 3.86. The van der Waals surface area contributed by atoms with Gasteiger partial charge in [0, 0.05) is 6.54 Å². The van der Waals surface area contributed by atoms with Crippen LogP contribution in [-0.4, -0.2) is 27.7 Å². The van der Waals surface area contributed by atoms with E-state index >= 15 is 0 Å². The Balaban J connectivity index is 1.89. The number of ether oxygens (including phenoxy) is 1. The highest BCUT2D eigenvalue weighted by atomic mass is 16.5. The molecule has 1 aromatic carbocycles. The highest BCUT2D eigenvalue weighted by Gasteiger charge is 2.19. The Morgan fingerprint density at radius 1 is 1.16 bits per heavy atom. The van der Waals surface area contributed by atoms with Crippen LogP contribution in [0.25, 0.3) is 11.1 Å². The van der Waals surface area contributed by atoms with E-state index in [1.165, 1.54) is 5.56 Å². The average molecular weight is 340 g/mol. The maximum absolute atomic E-state index is 12.0. The van der Waals surface area contributed by atoms with Crippen LogP contribution >= 0.6 is 0 Å². The molecule has 130 valence electrons. The van der Waals surface area contributed by atoms with Crippen molar-refractivity contribution in [3.63, 3.8) is 0 Å². The molecular formula is C18H20N4O3. The molecule has 0 saturated carbocycles. The van der Waals surface area contributed by atoms with Gasteiger partial charge < -0.3 is 14.6 Å². The topological polar surface area (TPSA) is 90.1 Å². The normalized spacial score (nSPS) is 10.8. The van der Waals surface area contributed by atoms with Gasteiger partial charge in [-0.3, -0.25) is 0 Å². The Morgan fingerprint density at radius 2 is 1.88 bits per heavy atom. The molecule has 2 aromatic heterocycles. The number of esters is 1. The van der Waals surface area contributed by atoms with Crippen LogP contribution in [0, 0.1) is 6.92 Å². The number of aromatic nitrogens is 3. The van der Waals surface area contributed by atoms with E-state index < -0.39 is 5.97 Å². The summed E-state index contributed by atoms with van der Waals surface area (Å²) in [7, 11) is 0. The molecule has 3 rings (SSSR count). The van der Waals surface area contributed by atoms with E-state index in [0.29, 0.717) is 23.4 Å². The number of carbonyl (C=O) groups is 1. The Labute approximate surface area is 145 Å². The summed E-state index contributed by atoms with van der Waals surface area (Å²) in [6.07, 6.45) is 1.00. The highest BCUT2D eigenvalue weighted by molar-refractivity contribution is 5.93. The van der Waals surface area contributed by atoms with Gasteiger partial charge in [0.1, 0.15) is 11.2 Å². The minimum absolute atomic E-state index is 0.0469. The lowest BCUT2D eigenvalue weighted by atomic mass is 10.1. The summed E-state index contributed by atoms with van der Waals surface area (Å²) in [6.45, 7) is 6.47. The van der Waals surface area contributed by atoms with E-state index in [4.69, 9.17) is 9.26 Å². The molecule has 0 saturated heterocycles. The summed E-state index contributed by atoms with van der Waals surface area (Å²) in [5.74, 6) is -0.130. The molecule has 0 bridgehead atoms. The van der Waals surface area contributed by atoms with Crippen molar-refractivity contribution in [3.05, 3.63) is 46.9 Å². The van der Waals surface area contributed by atoms with Gasteiger partial charge in [-0.1, -0.05) is 36.3 Å². The largest absolute Gasteiger partial charge is 0.460 e. The Bertz CT molecular complexity index is 887. The second kappa shape index (κ2) is 7.29. The molecule has 0 fully saturated rings. The number of fused-ring (bicyclic) bond motifs is 1. The fourth-order valence-corrected chi connectivity index (χ4v) is 2.48. The lowest BCUT2D eigenvalue weighted by molar-refractivity contribution is 0.0512. The molecule has 0 aliphatic rings. The third kappa shape index (κ3) is 3.60. The van der Waals surface area contributed by atoms with Crippen molar-refractivity contribution in [2.75, 3.05) is 11.9 Å². The van der Waals surface area contributed by atoms with Gasteiger partial charge in [0.15, 0.2) is 0 Å². The zero-order valence-corrected chi connectivity index (χ0v) is 14.5. The molecule has 7 heteroatoms. The van der Waals surface area contributed by atoms with Crippen LogP contribution in [0.5, 0.6) is 0 Å². The molecule has 3 aromatic rings. The highest BCUT2D eigenvalue weighted by Crippen LogP contribution is 2.24. The van der Waals surface area contributed by atoms with Crippen LogP contribution < -0.4 is 5.32 Å². The summed E-state index contributed by atoms with van der Waals surface area (Å²) in [4.78, 5) is 20.4. The fourth-order valence-electron chi connectivity index (χ4n) is 2.48. The number of hydrogen-bond donors (Lipinski definition) is 1. The van der Waals surface area contributed by atoms with Crippen molar-refractivity contribution in [3.8, 4) is 0 Å². The molecule has 0 aliphatic carbocycles. The number of anilines is 1. The zero-order chi connectivity index (χ0) is 17.8. The fraction of sp³-hybridized carbons (Fsp3) is 0.333. The van der Waals surface area contributed by atoms with Crippen molar-refractivity contribution in [1.82, 2.24) is 15.1 Å². The summed E-state index contributed by atoms with van der Waals surface area (Å²) in [6, 6.07) is 8.33. The van der Waals surface area contributed by atoms with Gasteiger partial charge in [0.25, 0.3) is 5.71 Å². The van der Waals surface area contributed by atoms with E-state index in [2.05, 4.69) is 51.6 Å². The molecule has 2 heterocycles. The predicted octanol–water partition coefficient (Wildman–Crippen LogP) is 3.28. The summed E-state index contributed by atoms with van der Waals surface area (Å²) < 4.78 is 10.2. The van der Waals surface area contributed by atoms with Crippen molar-refractivity contribution in [2.45, 2.75) is 33.7 Å². The van der Waals surface area contributed by atoms with Crippen molar-refractivity contribution in [2.24, 2.45) is 0 Å². The molecule has 0 atom stereocenters. The summed E-state index contributed by atoms with van der Waals surface area (Å²) in [5.41, 5.74) is 3.32. The smallest absolute Gasteiger partial charge is 0.376 e. The quantitative estimate of drug-likeness (QED) is 0.689. The second-order valence-electron chi connectivity index (χ2n) is 5.59. The van der Waals surface area contributed by atoms with Crippen LogP contribution in [0.4, 0.5) is 5.82 Å². The molecule has 0 spiro atoms. The van der Waals surface area contributed by atoms with Crippen molar-refractivity contribution >= 4 is 22.9 Å². The van der Waals surface area contributed by atoms with Gasteiger partial charge in [-0.25, -0.2) is 9.78 Å². The molecule has 25 heavy (non-hydrogen) atoms.